The van der Waals surface area contributed by atoms with E-state index in [1.807, 2.05) is 0 Å². The van der Waals surface area contributed by atoms with Crippen LogP contribution in [-0.4, -0.2) is 42.5 Å². The van der Waals surface area contributed by atoms with Crippen molar-refractivity contribution in [1.29, 1.82) is 0 Å². The Bertz CT molecular complexity index is 806. The molecule has 0 saturated heterocycles. The van der Waals surface area contributed by atoms with Gasteiger partial charge in [-0.15, -0.1) is 0 Å². The lowest BCUT2D eigenvalue weighted by molar-refractivity contribution is -0.171. The van der Waals surface area contributed by atoms with Gasteiger partial charge in [-0.1, -0.05) is 6.92 Å². The van der Waals surface area contributed by atoms with Crippen LogP contribution in [0.5, 0.6) is 0 Å². The van der Waals surface area contributed by atoms with Crippen molar-refractivity contribution in [2.24, 2.45) is 34.5 Å². The summed E-state index contributed by atoms with van der Waals surface area (Å²) in [6.07, 6.45) is 5.80. The Hall–Kier alpha value is -1.92. The van der Waals surface area contributed by atoms with Crippen LogP contribution in [0.1, 0.15) is 79.1 Å². The summed E-state index contributed by atoms with van der Waals surface area (Å²) >= 11 is 0. The quantitative estimate of drug-likeness (QED) is 0.479. The molecule has 7 nitrogen and oxygen atoms in total. The summed E-state index contributed by atoms with van der Waals surface area (Å²) in [6, 6.07) is 0. The zero-order valence-corrected chi connectivity index (χ0v) is 19.7. The van der Waals surface area contributed by atoms with Gasteiger partial charge < -0.3 is 14.2 Å². The van der Waals surface area contributed by atoms with Crippen LogP contribution in [0.3, 0.4) is 0 Å². The highest BCUT2D eigenvalue weighted by Gasteiger charge is 2.64. The molecule has 178 valence electrons. The van der Waals surface area contributed by atoms with Crippen LogP contribution in [0.4, 0.5) is 0 Å². The Morgan fingerprint density at radius 1 is 0.906 bits per heavy atom. The number of hydrogen-bond donors (Lipinski definition) is 0. The second-order valence-electron chi connectivity index (χ2n) is 11.0. The van der Waals surface area contributed by atoms with Crippen molar-refractivity contribution in [1.82, 2.24) is 0 Å². The Morgan fingerprint density at radius 3 is 2.25 bits per heavy atom. The van der Waals surface area contributed by atoms with Crippen molar-refractivity contribution >= 4 is 23.7 Å². The lowest BCUT2D eigenvalue weighted by Crippen LogP contribution is -2.57. The average molecular weight is 449 g/mol. The van der Waals surface area contributed by atoms with Gasteiger partial charge in [-0.05, 0) is 68.1 Å². The summed E-state index contributed by atoms with van der Waals surface area (Å²) < 4.78 is 16.6. The number of hydrogen-bond acceptors (Lipinski definition) is 7. The van der Waals surface area contributed by atoms with Gasteiger partial charge in [0.05, 0.1) is 6.61 Å². The number of ether oxygens (including phenoxy) is 3. The van der Waals surface area contributed by atoms with E-state index in [4.69, 9.17) is 14.2 Å². The van der Waals surface area contributed by atoms with E-state index in [0.717, 1.165) is 32.1 Å². The molecule has 4 aliphatic rings. The number of Topliss-reactive ketones (excluding diaryl/α,β-unsaturated/α-hetero) is 1. The van der Waals surface area contributed by atoms with Gasteiger partial charge in [0.2, 0.25) is 0 Å². The molecule has 0 aromatic carbocycles. The molecular weight excluding hydrogens is 412 g/mol. The molecular formula is C25H36O7. The molecule has 4 saturated carbocycles. The summed E-state index contributed by atoms with van der Waals surface area (Å²) in [7, 11) is 0. The number of esters is 3. The SMILES string of the molecule is CC(=O)OC[C@]12CC[C@H]3[C@@H](C(=O)C[C@H]4C[C@@H](OC(C)=O)CC[C@@]43C)[C@@H]1C[C@@H](OC(C)=O)C2. The van der Waals surface area contributed by atoms with Crippen molar-refractivity contribution in [2.75, 3.05) is 6.61 Å². The number of carbonyl (C=O) groups excluding carboxylic acids is 4. The maximum absolute atomic E-state index is 13.6. The highest BCUT2D eigenvalue weighted by atomic mass is 16.5. The van der Waals surface area contributed by atoms with E-state index in [9.17, 15) is 19.2 Å². The number of ketones is 1. The lowest BCUT2D eigenvalue weighted by atomic mass is 9.45. The van der Waals surface area contributed by atoms with Crippen LogP contribution in [0.2, 0.25) is 0 Å². The van der Waals surface area contributed by atoms with E-state index in [0.29, 0.717) is 19.3 Å². The second-order valence-corrected chi connectivity index (χ2v) is 11.0. The minimum Gasteiger partial charge on any atom is -0.465 e. The summed E-state index contributed by atoms with van der Waals surface area (Å²) in [5.74, 6) is -0.150. The minimum absolute atomic E-state index is 0.0301. The summed E-state index contributed by atoms with van der Waals surface area (Å²) in [5.41, 5.74) is -0.275. The average Bonchev–Trinajstić information content (AvgIpc) is 3.05. The van der Waals surface area contributed by atoms with E-state index in [1.165, 1.54) is 20.8 Å². The van der Waals surface area contributed by atoms with Gasteiger partial charge >= 0.3 is 17.9 Å². The largest absolute Gasteiger partial charge is 0.465 e. The Labute approximate surface area is 189 Å². The zero-order chi connectivity index (χ0) is 23.3. The van der Waals surface area contributed by atoms with Crippen LogP contribution in [-0.2, 0) is 33.4 Å². The monoisotopic (exact) mass is 448 g/mol. The van der Waals surface area contributed by atoms with Crippen LogP contribution in [0, 0.1) is 34.5 Å². The Morgan fingerprint density at radius 2 is 1.59 bits per heavy atom. The van der Waals surface area contributed by atoms with Crippen LogP contribution >= 0.6 is 0 Å². The zero-order valence-electron chi connectivity index (χ0n) is 19.7. The fourth-order valence-electron chi connectivity index (χ4n) is 7.84. The van der Waals surface area contributed by atoms with Crippen molar-refractivity contribution in [2.45, 2.75) is 91.3 Å². The standard InChI is InChI=1S/C25H36O7/c1-14(26)30-13-25-8-6-20-23(21(25)11-19(12-25)32-16(3)28)22(29)10-17-9-18(31-15(2)27)5-7-24(17,20)4/h17-21,23H,5-13H2,1-4H3/t17-,18+,19-,20+,21+,23-,24+,25-/m1/s1. The molecule has 0 N–H and O–H groups in total. The molecule has 8 atom stereocenters. The molecule has 0 aliphatic heterocycles. The van der Waals surface area contributed by atoms with Gasteiger partial charge in [-0.2, -0.15) is 0 Å². The third-order valence-electron chi connectivity index (χ3n) is 9.14. The molecule has 4 aliphatic carbocycles. The third kappa shape index (κ3) is 4.08. The maximum Gasteiger partial charge on any atom is 0.302 e. The highest BCUT2D eigenvalue weighted by Crippen LogP contribution is 2.65. The van der Waals surface area contributed by atoms with Gasteiger partial charge in [0.25, 0.3) is 0 Å². The van der Waals surface area contributed by atoms with Gasteiger partial charge in [0, 0.05) is 38.5 Å². The highest BCUT2D eigenvalue weighted by molar-refractivity contribution is 5.83. The summed E-state index contributed by atoms with van der Waals surface area (Å²) in [4.78, 5) is 48.3. The van der Waals surface area contributed by atoms with E-state index in [2.05, 4.69) is 6.92 Å². The second kappa shape index (κ2) is 8.45. The van der Waals surface area contributed by atoms with Crippen LogP contribution < -0.4 is 0 Å². The van der Waals surface area contributed by atoms with Gasteiger partial charge in [0.15, 0.2) is 0 Å². The van der Waals surface area contributed by atoms with Crippen LogP contribution in [0.15, 0.2) is 0 Å². The Balaban J connectivity index is 1.60. The number of carbonyl (C=O) groups is 4. The predicted molar refractivity (Wildman–Crippen MR) is 114 cm³/mol. The fourth-order valence-corrected chi connectivity index (χ4v) is 7.84. The molecule has 0 aromatic rings. The molecule has 0 aromatic heterocycles. The molecule has 4 fully saturated rings. The first-order chi connectivity index (χ1) is 15.0. The van der Waals surface area contributed by atoms with E-state index in [1.54, 1.807) is 0 Å². The Kier molecular flexibility index (Phi) is 6.14. The lowest BCUT2D eigenvalue weighted by Gasteiger charge is -2.59. The molecule has 0 bridgehead atoms. The van der Waals surface area contributed by atoms with Crippen molar-refractivity contribution in [3.8, 4) is 0 Å². The summed E-state index contributed by atoms with van der Waals surface area (Å²) in [6.45, 7) is 6.88. The number of fused-ring (bicyclic) bond motifs is 5. The first kappa shape index (κ1) is 23.2. The van der Waals surface area contributed by atoms with E-state index < -0.39 is 0 Å². The molecule has 0 spiro atoms. The van der Waals surface area contributed by atoms with Gasteiger partial charge in [-0.25, -0.2) is 0 Å². The minimum atomic E-state index is -0.318. The fraction of sp³-hybridized carbons (Fsp3) is 0.840. The molecule has 0 radical (unpaired) electrons. The molecule has 7 heteroatoms. The van der Waals surface area contributed by atoms with Crippen molar-refractivity contribution in [3.63, 3.8) is 0 Å². The molecule has 0 heterocycles. The van der Waals surface area contributed by atoms with E-state index >= 15 is 0 Å². The maximum atomic E-state index is 13.6. The van der Waals surface area contributed by atoms with Crippen molar-refractivity contribution < 1.29 is 33.4 Å². The molecule has 32 heavy (non-hydrogen) atoms. The third-order valence-corrected chi connectivity index (χ3v) is 9.14. The first-order valence-electron chi connectivity index (χ1n) is 12.0. The number of rotatable bonds is 4. The van der Waals surface area contributed by atoms with Crippen LogP contribution in [0.25, 0.3) is 0 Å². The molecule has 4 rings (SSSR count). The van der Waals surface area contributed by atoms with Gasteiger partial charge in [0.1, 0.15) is 18.0 Å². The molecule has 0 unspecified atom stereocenters. The first-order valence-corrected chi connectivity index (χ1v) is 12.0. The van der Waals surface area contributed by atoms with Crippen molar-refractivity contribution in [3.05, 3.63) is 0 Å². The summed E-state index contributed by atoms with van der Waals surface area (Å²) in [5, 5.41) is 0. The van der Waals surface area contributed by atoms with E-state index in [-0.39, 0.29) is 77.0 Å². The molecule has 0 amide bonds. The smallest absolute Gasteiger partial charge is 0.302 e. The predicted octanol–water partition coefficient (Wildman–Crippen LogP) is 3.61. The normalized spacial score (nSPS) is 42.8. The van der Waals surface area contributed by atoms with Gasteiger partial charge in [-0.3, -0.25) is 19.2 Å². The topological polar surface area (TPSA) is 96.0 Å².